The summed E-state index contributed by atoms with van der Waals surface area (Å²) < 4.78 is 5.94. The number of benzene rings is 1. The normalized spacial score (nSPS) is 14.5. The fourth-order valence-electron chi connectivity index (χ4n) is 1.89. The Bertz CT molecular complexity index is 311. The summed E-state index contributed by atoms with van der Waals surface area (Å²) in [4.78, 5) is 0. The second kappa shape index (κ2) is 6.54. The van der Waals surface area contributed by atoms with Gasteiger partial charge in [0.05, 0.1) is 0 Å². The average Bonchev–Trinajstić information content (AvgIpc) is 2.25. The first-order valence-corrected chi connectivity index (χ1v) is 6.14. The highest BCUT2D eigenvalue weighted by molar-refractivity contribution is 5.27. The van der Waals surface area contributed by atoms with Gasteiger partial charge in [-0.15, -0.1) is 0 Å². The molecule has 0 aliphatic rings. The van der Waals surface area contributed by atoms with Crippen LogP contribution in [0.2, 0.25) is 0 Å². The quantitative estimate of drug-likeness (QED) is 0.796. The number of ether oxygens (including phenoxy) is 1. The second-order valence-corrected chi connectivity index (χ2v) is 4.21. The smallest absolute Gasteiger partial charge is 0.120 e. The van der Waals surface area contributed by atoms with Gasteiger partial charge >= 0.3 is 0 Å². The molecular formula is C14H23NO. The molecule has 2 heteroatoms. The Hall–Kier alpha value is -1.02. The molecule has 0 aromatic heterocycles. The maximum absolute atomic E-state index is 5.94. The van der Waals surface area contributed by atoms with E-state index in [0.29, 0.717) is 6.04 Å². The number of likely N-dealkylation sites (N-methyl/N-ethyl adjacent to an activating group) is 1. The summed E-state index contributed by atoms with van der Waals surface area (Å²) in [6.07, 6.45) is 1.28. The molecule has 0 radical (unpaired) electrons. The van der Waals surface area contributed by atoms with Gasteiger partial charge in [0, 0.05) is 6.04 Å². The van der Waals surface area contributed by atoms with Crippen LogP contribution in [0.1, 0.15) is 32.8 Å². The summed E-state index contributed by atoms with van der Waals surface area (Å²) in [6, 6.07) is 8.63. The Morgan fingerprint density at radius 3 is 2.62 bits per heavy atom. The zero-order chi connectivity index (χ0) is 12.0. The lowest BCUT2D eigenvalue weighted by Gasteiger charge is -2.24. The summed E-state index contributed by atoms with van der Waals surface area (Å²) in [5, 5.41) is 3.44. The van der Waals surface area contributed by atoms with Gasteiger partial charge < -0.3 is 10.1 Å². The van der Waals surface area contributed by atoms with Crippen molar-refractivity contribution >= 4 is 0 Å². The highest BCUT2D eigenvalue weighted by Crippen LogP contribution is 2.16. The van der Waals surface area contributed by atoms with Crippen molar-refractivity contribution in [3.8, 4) is 5.75 Å². The minimum Gasteiger partial charge on any atom is -0.489 e. The molecule has 2 atom stereocenters. The summed E-state index contributed by atoms with van der Waals surface area (Å²) in [6.45, 7) is 9.50. The lowest BCUT2D eigenvalue weighted by Crippen LogP contribution is -2.40. The van der Waals surface area contributed by atoms with Crippen LogP contribution in [-0.2, 0) is 0 Å². The SMILES string of the molecule is CCNC(CC)C(C)Oc1cccc(C)c1. The number of aryl methyl sites for hydroxylation is 1. The summed E-state index contributed by atoms with van der Waals surface area (Å²) in [7, 11) is 0. The molecular weight excluding hydrogens is 198 g/mol. The third-order valence-electron chi connectivity index (χ3n) is 2.78. The van der Waals surface area contributed by atoms with Crippen molar-refractivity contribution in [2.45, 2.75) is 46.3 Å². The Morgan fingerprint density at radius 1 is 1.31 bits per heavy atom. The average molecular weight is 221 g/mol. The van der Waals surface area contributed by atoms with Gasteiger partial charge in [-0.25, -0.2) is 0 Å². The minimum atomic E-state index is 0.201. The van der Waals surface area contributed by atoms with Crippen LogP contribution in [0.15, 0.2) is 24.3 Å². The maximum Gasteiger partial charge on any atom is 0.120 e. The third kappa shape index (κ3) is 3.86. The van der Waals surface area contributed by atoms with E-state index < -0.39 is 0 Å². The van der Waals surface area contributed by atoms with E-state index >= 15 is 0 Å². The summed E-state index contributed by atoms with van der Waals surface area (Å²) in [5.74, 6) is 0.962. The predicted molar refractivity (Wildman–Crippen MR) is 69.0 cm³/mol. The molecule has 1 N–H and O–H groups in total. The van der Waals surface area contributed by atoms with E-state index in [1.165, 1.54) is 5.56 Å². The molecule has 0 saturated heterocycles. The van der Waals surface area contributed by atoms with E-state index in [0.717, 1.165) is 18.7 Å². The first kappa shape index (κ1) is 13.0. The Kier molecular flexibility index (Phi) is 5.33. The van der Waals surface area contributed by atoms with Crippen molar-refractivity contribution in [2.24, 2.45) is 0 Å². The van der Waals surface area contributed by atoms with Crippen LogP contribution in [0.3, 0.4) is 0 Å². The van der Waals surface area contributed by atoms with Gasteiger partial charge in [-0.05, 0) is 44.5 Å². The molecule has 0 aliphatic heterocycles. The molecule has 0 bridgehead atoms. The zero-order valence-corrected chi connectivity index (χ0v) is 10.8. The van der Waals surface area contributed by atoms with Gasteiger partial charge in [0.15, 0.2) is 0 Å². The number of hydrogen-bond acceptors (Lipinski definition) is 2. The molecule has 2 nitrogen and oxygen atoms in total. The zero-order valence-electron chi connectivity index (χ0n) is 10.8. The van der Waals surface area contributed by atoms with E-state index in [-0.39, 0.29) is 6.10 Å². The standard InChI is InChI=1S/C14H23NO/c1-5-14(15-6-2)12(4)16-13-9-7-8-11(3)10-13/h7-10,12,14-15H,5-6H2,1-4H3. The minimum absolute atomic E-state index is 0.201. The van der Waals surface area contributed by atoms with Crippen LogP contribution in [0.5, 0.6) is 5.75 Å². The third-order valence-corrected chi connectivity index (χ3v) is 2.78. The first-order valence-electron chi connectivity index (χ1n) is 6.14. The Balaban J connectivity index is 2.58. The molecule has 0 spiro atoms. The van der Waals surface area contributed by atoms with E-state index in [4.69, 9.17) is 4.74 Å². The highest BCUT2D eigenvalue weighted by Gasteiger charge is 2.15. The van der Waals surface area contributed by atoms with E-state index in [9.17, 15) is 0 Å². The predicted octanol–water partition coefficient (Wildman–Crippen LogP) is 3.15. The molecule has 0 fully saturated rings. The fraction of sp³-hybridized carbons (Fsp3) is 0.571. The lowest BCUT2D eigenvalue weighted by atomic mass is 10.1. The number of hydrogen-bond donors (Lipinski definition) is 1. The maximum atomic E-state index is 5.94. The summed E-state index contributed by atoms with van der Waals surface area (Å²) >= 11 is 0. The molecule has 2 unspecified atom stereocenters. The van der Waals surface area contributed by atoms with Crippen molar-refractivity contribution in [3.05, 3.63) is 29.8 Å². The van der Waals surface area contributed by atoms with Crippen molar-refractivity contribution in [1.29, 1.82) is 0 Å². The lowest BCUT2D eigenvalue weighted by molar-refractivity contribution is 0.168. The number of nitrogens with one attached hydrogen (secondary N) is 1. The largest absolute Gasteiger partial charge is 0.489 e. The molecule has 0 heterocycles. The topological polar surface area (TPSA) is 21.3 Å². The molecule has 16 heavy (non-hydrogen) atoms. The van der Waals surface area contributed by atoms with E-state index in [1.54, 1.807) is 0 Å². The highest BCUT2D eigenvalue weighted by atomic mass is 16.5. The van der Waals surface area contributed by atoms with Gasteiger partial charge in [-0.3, -0.25) is 0 Å². The molecule has 1 aromatic carbocycles. The fourth-order valence-corrected chi connectivity index (χ4v) is 1.89. The van der Waals surface area contributed by atoms with E-state index in [2.05, 4.69) is 45.1 Å². The van der Waals surface area contributed by atoms with Gasteiger partial charge in [-0.1, -0.05) is 26.0 Å². The molecule has 90 valence electrons. The molecule has 0 amide bonds. The second-order valence-electron chi connectivity index (χ2n) is 4.21. The molecule has 1 rings (SSSR count). The Morgan fingerprint density at radius 2 is 2.06 bits per heavy atom. The monoisotopic (exact) mass is 221 g/mol. The Labute approximate surface area is 99.0 Å². The van der Waals surface area contributed by atoms with Crippen molar-refractivity contribution in [3.63, 3.8) is 0 Å². The summed E-state index contributed by atoms with van der Waals surface area (Å²) in [5.41, 5.74) is 1.24. The van der Waals surface area contributed by atoms with Crippen LogP contribution in [0, 0.1) is 6.92 Å². The molecule has 0 saturated carbocycles. The van der Waals surface area contributed by atoms with Crippen molar-refractivity contribution < 1.29 is 4.74 Å². The van der Waals surface area contributed by atoms with Crippen LogP contribution in [0.25, 0.3) is 0 Å². The number of rotatable bonds is 6. The van der Waals surface area contributed by atoms with Crippen LogP contribution < -0.4 is 10.1 Å². The van der Waals surface area contributed by atoms with Gasteiger partial charge in [-0.2, -0.15) is 0 Å². The van der Waals surface area contributed by atoms with Crippen LogP contribution in [0.4, 0.5) is 0 Å². The van der Waals surface area contributed by atoms with Gasteiger partial charge in [0.25, 0.3) is 0 Å². The van der Waals surface area contributed by atoms with Crippen LogP contribution in [-0.4, -0.2) is 18.7 Å². The van der Waals surface area contributed by atoms with Crippen molar-refractivity contribution in [2.75, 3.05) is 6.54 Å². The van der Waals surface area contributed by atoms with Crippen LogP contribution >= 0.6 is 0 Å². The molecule has 1 aromatic rings. The van der Waals surface area contributed by atoms with Crippen molar-refractivity contribution in [1.82, 2.24) is 5.32 Å². The van der Waals surface area contributed by atoms with Gasteiger partial charge in [0.1, 0.15) is 11.9 Å². The van der Waals surface area contributed by atoms with E-state index in [1.807, 2.05) is 12.1 Å². The molecule has 0 aliphatic carbocycles. The first-order chi connectivity index (χ1) is 7.67. The van der Waals surface area contributed by atoms with Gasteiger partial charge in [0.2, 0.25) is 0 Å².